The highest BCUT2D eigenvalue weighted by atomic mass is 16.2. The number of carbonyl (C=O) groups is 1. The van der Waals surface area contributed by atoms with Crippen molar-refractivity contribution in [2.45, 2.75) is 27.3 Å². The molecular weight excluding hydrogens is 334 g/mol. The molecule has 0 aliphatic rings. The number of aryl methyl sites for hydroxylation is 1. The average molecular weight is 359 g/mol. The van der Waals surface area contributed by atoms with E-state index in [4.69, 9.17) is 0 Å². The molecule has 4 nitrogen and oxygen atoms in total. The molecule has 0 atom stereocenters. The zero-order valence-corrected chi connectivity index (χ0v) is 16.1. The number of hydrogen-bond acceptors (Lipinski definition) is 2. The van der Waals surface area contributed by atoms with E-state index >= 15 is 0 Å². The molecule has 0 aliphatic heterocycles. The molecule has 1 aromatic heterocycles. The average Bonchev–Trinajstić information content (AvgIpc) is 2.99. The van der Waals surface area contributed by atoms with E-state index in [1.54, 1.807) is 6.08 Å². The first-order valence-corrected chi connectivity index (χ1v) is 9.22. The van der Waals surface area contributed by atoms with Gasteiger partial charge in [0, 0.05) is 30.4 Å². The molecule has 3 aromatic rings. The summed E-state index contributed by atoms with van der Waals surface area (Å²) in [7, 11) is 0. The van der Waals surface area contributed by atoms with Gasteiger partial charge in [0.15, 0.2) is 0 Å². The van der Waals surface area contributed by atoms with Crippen molar-refractivity contribution in [1.82, 2.24) is 14.7 Å². The third-order valence-corrected chi connectivity index (χ3v) is 4.65. The smallest absolute Gasteiger partial charge is 0.246 e. The van der Waals surface area contributed by atoms with Gasteiger partial charge in [-0.25, -0.2) is 4.68 Å². The maximum Gasteiger partial charge on any atom is 0.246 e. The Morgan fingerprint density at radius 3 is 2.30 bits per heavy atom. The Morgan fingerprint density at radius 2 is 1.67 bits per heavy atom. The molecule has 0 aliphatic carbocycles. The van der Waals surface area contributed by atoms with Crippen molar-refractivity contribution >= 4 is 12.0 Å². The summed E-state index contributed by atoms with van der Waals surface area (Å²) in [6, 6.07) is 20.1. The van der Waals surface area contributed by atoms with Gasteiger partial charge < -0.3 is 4.90 Å². The van der Waals surface area contributed by atoms with Crippen LogP contribution in [0.3, 0.4) is 0 Å². The van der Waals surface area contributed by atoms with E-state index < -0.39 is 0 Å². The normalized spacial score (nSPS) is 11.1. The topological polar surface area (TPSA) is 38.1 Å². The van der Waals surface area contributed by atoms with Crippen molar-refractivity contribution in [3.63, 3.8) is 0 Å². The van der Waals surface area contributed by atoms with E-state index in [-0.39, 0.29) is 5.91 Å². The summed E-state index contributed by atoms with van der Waals surface area (Å²) in [5, 5.41) is 4.63. The summed E-state index contributed by atoms with van der Waals surface area (Å²) >= 11 is 0. The van der Waals surface area contributed by atoms with E-state index in [1.165, 1.54) is 0 Å². The molecule has 0 saturated carbocycles. The molecule has 0 saturated heterocycles. The van der Waals surface area contributed by atoms with E-state index in [1.807, 2.05) is 97.1 Å². The zero-order valence-electron chi connectivity index (χ0n) is 16.1. The monoisotopic (exact) mass is 359 g/mol. The fourth-order valence-corrected chi connectivity index (χ4v) is 3.13. The van der Waals surface area contributed by atoms with Crippen molar-refractivity contribution in [3.8, 4) is 5.69 Å². The van der Waals surface area contributed by atoms with Crippen LogP contribution in [-0.4, -0.2) is 27.1 Å². The molecule has 0 fully saturated rings. The van der Waals surface area contributed by atoms with Crippen LogP contribution < -0.4 is 0 Å². The minimum absolute atomic E-state index is 0.00705. The van der Waals surface area contributed by atoms with Gasteiger partial charge in [-0.15, -0.1) is 0 Å². The first-order chi connectivity index (χ1) is 13.1. The lowest BCUT2D eigenvalue weighted by Crippen LogP contribution is -2.28. The van der Waals surface area contributed by atoms with E-state index in [0.29, 0.717) is 13.1 Å². The van der Waals surface area contributed by atoms with Gasteiger partial charge in [0.2, 0.25) is 5.91 Å². The number of hydrogen-bond donors (Lipinski definition) is 0. The van der Waals surface area contributed by atoms with Crippen LogP contribution in [0.25, 0.3) is 11.8 Å². The summed E-state index contributed by atoms with van der Waals surface area (Å²) < 4.78 is 1.92. The number of likely N-dealkylation sites (N-methyl/N-ethyl adjacent to an activating group) is 1. The molecule has 1 heterocycles. The van der Waals surface area contributed by atoms with Crippen LogP contribution in [0.2, 0.25) is 0 Å². The Morgan fingerprint density at radius 1 is 1.04 bits per heavy atom. The van der Waals surface area contributed by atoms with Crippen molar-refractivity contribution in [1.29, 1.82) is 0 Å². The van der Waals surface area contributed by atoms with Gasteiger partial charge in [-0.3, -0.25) is 4.79 Å². The number of amides is 1. The second-order valence-corrected chi connectivity index (χ2v) is 6.50. The summed E-state index contributed by atoms with van der Waals surface area (Å²) in [4.78, 5) is 14.5. The molecule has 0 N–H and O–H groups in total. The molecule has 3 rings (SSSR count). The third-order valence-electron chi connectivity index (χ3n) is 4.65. The van der Waals surface area contributed by atoms with Crippen LogP contribution in [0.15, 0.2) is 66.7 Å². The highest BCUT2D eigenvalue weighted by Crippen LogP contribution is 2.19. The Labute approximate surface area is 160 Å². The summed E-state index contributed by atoms with van der Waals surface area (Å²) in [6.45, 7) is 7.27. The van der Waals surface area contributed by atoms with Crippen molar-refractivity contribution < 1.29 is 4.79 Å². The molecule has 0 spiro atoms. The Bertz CT molecular complexity index is 927. The lowest BCUT2D eigenvalue weighted by molar-refractivity contribution is -0.126. The molecule has 27 heavy (non-hydrogen) atoms. The van der Waals surface area contributed by atoms with Crippen LogP contribution in [0.4, 0.5) is 0 Å². The second-order valence-electron chi connectivity index (χ2n) is 6.50. The maximum atomic E-state index is 12.7. The maximum absolute atomic E-state index is 12.7. The fraction of sp³-hybridized carbons (Fsp3) is 0.217. The van der Waals surface area contributed by atoms with Crippen LogP contribution in [0, 0.1) is 13.8 Å². The predicted molar refractivity (Wildman–Crippen MR) is 110 cm³/mol. The Balaban J connectivity index is 1.79. The van der Waals surface area contributed by atoms with Crippen LogP contribution in [-0.2, 0) is 11.3 Å². The largest absolute Gasteiger partial charge is 0.335 e. The highest BCUT2D eigenvalue weighted by Gasteiger charge is 2.13. The first-order valence-electron chi connectivity index (χ1n) is 9.22. The number of aromatic nitrogens is 2. The van der Waals surface area contributed by atoms with Gasteiger partial charge in [0.25, 0.3) is 0 Å². The molecule has 138 valence electrons. The van der Waals surface area contributed by atoms with Gasteiger partial charge >= 0.3 is 0 Å². The quantitative estimate of drug-likeness (QED) is 0.606. The highest BCUT2D eigenvalue weighted by molar-refractivity contribution is 5.92. The van der Waals surface area contributed by atoms with Crippen LogP contribution >= 0.6 is 0 Å². The van der Waals surface area contributed by atoms with E-state index in [0.717, 1.165) is 28.2 Å². The zero-order chi connectivity index (χ0) is 19.2. The lowest BCUT2D eigenvalue weighted by Gasteiger charge is -2.19. The lowest BCUT2D eigenvalue weighted by atomic mass is 10.1. The van der Waals surface area contributed by atoms with Crippen molar-refractivity contribution in [2.24, 2.45) is 0 Å². The summed E-state index contributed by atoms with van der Waals surface area (Å²) in [5.41, 5.74) is 5.07. The minimum atomic E-state index is 0.00705. The number of carbonyl (C=O) groups excluding carboxylic acids is 1. The van der Waals surface area contributed by atoms with Gasteiger partial charge in [0.1, 0.15) is 0 Å². The number of para-hydroxylation sites is 1. The van der Waals surface area contributed by atoms with E-state index in [9.17, 15) is 4.79 Å². The molecule has 4 heteroatoms. The Hall–Kier alpha value is -3.14. The van der Waals surface area contributed by atoms with Gasteiger partial charge in [0.05, 0.1) is 11.4 Å². The first kappa shape index (κ1) is 18.6. The molecule has 0 radical (unpaired) electrons. The van der Waals surface area contributed by atoms with E-state index in [2.05, 4.69) is 5.10 Å². The molecular formula is C23H25N3O. The fourth-order valence-electron chi connectivity index (χ4n) is 3.13. The summed E-state index contributed by atoms with van der Waals surface area (Å²) in [5.74, 6) is 0.00705. The number of nitrogens with zero attached hydrogens (tertiary/aromatic N) is 3. The molecule has 0 unspecified atom stereocenters. The number of rotatable bonds is 6. The predicted octanol–water partition coefficient (Wildman–Crippen LogP) is 4.55. The Kier molecular flexibility index (Phi) is 5.87. The summed E-state index contributed by atoms with van der Waals surface area (Å²) in [6.07, 6.45) is 3.53. The van der Waals surface area contributed by atoms with Crippen molar-refractivity contribution in [3.05, 3.63) is 89.3 Å². The second kappa shape index (κ2) is 8.49. The van der Waals surface area contributed by atoms with Crippen LogP contribution in [0.1, 0.15) is 29.4 Å². The van der Waals surface area contributed by atoms with Gasteiger partial charge in [-0.2, -0.15) is 5.10 Å². The molecule has 2 aromatic carbocycles. The van der Waals surface area contributed by atoms with Gasteiger partial charge in [-0.1, -0.05) is 48.5 Å². The van der Waals surface area contributed by atoms with Crippen LogP contribution in [0.5, 0.6) is 0 Å². The third kappa shape index (κ3) is 4.34. The number of benzene rings is 2. The van der Waals surface area contributed by atoms with Crippen molar-refractivity contribution in [2.75, 3.05) is 6.54 Å². The standard InChI is InChI=1S/C23H25N3O/c1-4-25(17-20-11-7-5-8-12-20)23(27)16-15-22-18(2)24-26(19(22)3)21-13-9-6-10-14-21/h5-16H,4,17H2,1-3H3/b16-15+. The van der Waals surface area contributed by atoms with Gasteiger partial charge in [-0.05, 0) is 44.5 Å². The SMILES string of the molecule is CCN(Cc1ccccc1)C(=O)/C=C/c1c(C)nn(-c2ccccc2)c1C. The molecule has 0 bridgehead atoms. The minimum Gasteiger partial charge on any atom is -0.335 e. The molecule has 1 amide bonds.